The highest BCUT2D eigenvalue weighted by molar-refractivity contribution is 7.92. The van der Waals surface area contributed by atoms with Gasteiger partial charge >= 0.3 is 6.03 Å². The van der Waals surface area contributed by atoms with E-state index in [9.17, 15) is 13.2 Å². The third kappa shape index (κ3) is 4.20. The summed E-state index contributed by atoms with van der Waals surface area (Å²) in [7, 11) is 0.914. The van der Waals surface area contributed by atoms with Crippen molar-refractivity contribution in [2.24, 2.45) is 0 Å². The van der Waals surface area contributed by atoms with Crippen LogP contribution in [0.5, 0.6) is 17.2 Å². The number of rotatable bonds is 6. The average Bonchev–Trinajstić information content (AvgIpc) is 2.66. The summed E-state index contributed by atoms with van der Waals surface area (Å²) in [4.78, 5) is 14.1. The van der Waals surface area contributed by atoms with Gasteiger partial charge in [0.15, 0.2) is 21.3 Å². The molecule has 8 nitrogen and oxygen atoms in total. The second-order valence-corrected chi connectivity index (χ2v) is 9.03. The number of sulfone groups is 1. The first-order valence-corrected chi connectivity index (χ1v) is 10.6. The number of nitrogens with one attached hydrogen (secondary N) is 1. The first-order chi connectivity index (χ1) is 13.8. The van der Waals surface area contributed by atoms with Crippen molar-refractivity contribution in [2.45, 2.75) is 10.1 Å². The summed E-state index contributed by atoms with van der Waals surface area (Å²) in [5.41, 5.74) is 0.438. The van der Waals surface area contributed by atoms with E-state index in [1.807, 2.05) is 0 Å². The number of benzene rings is 2. The lowest BCUT2D eigenvalue weighted by atomic mass is 10.2. The van der Waals surface area contributed by atoms with Gasteiger partial charge in [0.1, 0.15) is 5.25 Å². The summed E-state index contributed by atoms with van der Waals surface area (Å²) in [6.45, 7) is 0.197. The lowest BCUT2D eigenvalue weighted by Gasteiger charge is -2.38. The van der Waals surface area contributed by atoms with Crippen molar-refractivity contribution in [1.82, 2.24) is 4.90 Å². The van der Waals surface area contributed by atoms with Crippen LogP contribution in [0.15, 0.2) is 41.3 Å². The van der Waals surface area contributed by atoms with Crippen LogP contribution in [-0.2, 0) is 9.84 Å². The SMILES string of the molecule is COc1cc(NC(=O)N2CC(S(=O)(=O)c3ccc(Cl)cc3)C2)cc(OC)c1OC. The Balaban J connectivity index is 1.67. The number of urea groups is 1. The Morgan fingerprint density at radius 3 is 2.07 bits per heavy atom. The molecule has 0 unspecified atom stereocenters. The third-order valence-electron chi connectivity index (χ3n) is 4.63. The van der Waals surface area contributed by atoms with Crippen molar-refractivity contribution >= 4 is 33.2 Å². The number of anilines is 1. The average molecular weight is 441 g/mol. The Kier molecular flexibility index (Phi) is 6.09. The lowest BCUT2D eigenvalue weighted by Crippen LogP contribution is -2.58. The van der Waals surface area contributed by atoms with E-state index < -0.39 is 21.1 Å². The maximum atomic E-state index is 12.6. The molecule has 2 amide bonds. The van der Waals surface area contributed by atoms with E-state index in [1.165, 1.54) is 50.5 Å². The molecule has 0 bridgehead atoms. The van der Waals surface area contributed by atoms with Gasteiger partial charge in [-0.2, -0.15) is 0 Å². The summed E-state index contributed by atoms with van der Waals surface area (Å²) in [5, 5.41) is 2.53. The van der Waals surface area contributed by atoms with Gasteiger partial charge in [0.05, 0.1) is 31.9 Å². The van der Waals surface area contributed by atoms with Crippen LogP contribution in [0.25, 0.3) is 0 Å². The van der Waals surface area contributed by atoms with Crippen molar-refractivity contribution in [3.8, 4) is 17.2 Å². The lowest BCUT2D eigenvalue weighted by molar-refractivity contribution is 0.182. The standard InChI is InChI=1S/C19H21ClN2O6S/c1-26-16-8-13(9-17(27-2)18(16)28-3)21-19(23)22-10-15(11-22)29(24,25)14-6-4-12(20)5-7-14/h4-9,15H,10-11H2,1-3H3,(H,21,23). The van der Waals surface area contributed by atoms with Crippen molar-refractivity contribution in [3.63, 3.8) is 0 Å². The number of amides is 2. The van der Waals surface area contributed by atoms with Crippen molar-refractivity contribution in [1.29, 1.82) is 0 Å². The van der Waals surface area contributed by atoms with Crippen LogP contribution in [-0.4, -0.2) is 59.0 Å². The van der Waals surface area contributed by atoms with Gasteiger partial charge in [-0.15, -0.1) is 0 Å². The summed E-state index contributed by atoms with van der Waals surface area (Å²) < 4.78 is 41.1. The fraction of sp³-hybridized carbons (Fsp3) is 0.316. The topological polar surface area (TPSA) is 94.2 Å². The van der Waals surface area contributed by atoms with E-state index in [-0.39, 0.29) is 18.0 Å². The predicted octanol–water partition coefficient (Wildman–Crippen LogP) is 3.06. The zero-order valence-corrected chi connectivity index (χ0v) is 17.7. The van der Waals surface area contributed by atoms with Gasteiger partial charge in [0, 0.05) is 30.2 Å². The molecule has 3 rings (SSSR count). The maximum absolute atomic E-state index is 12.6. The largest absolute Gasteiger partial charge is 0.493 e. The fourth-order valence-electron chi connectivity index (χ4n) is 2.97. The summed E-state index contributed by atoms with van der Waals surface area (Å²) in [6, 6.07) is 8.78. The number of likely N-dealkylation sites (tertiary alicyclic amines) is 1. The molecule has 1 aliphatic heterocycles. The van der Waals surface area contributed by atoms with Gasteiger partial charge in [0.2, 0.25) is 5.75 Å². The molecule has 1 heterocycles. The fourth-order valence-corrected chi connectivity index (χ4v) is 4.75. The number of nitrogens with zero attached hydrogens (tertiary/aromatic N) is 1. The second-order valence-electron chi connectivity index (χ2n) is 6.37. The molecule has 0 radical (unpaired) electrons. The molecule has 1 N–H and O–H groups in total. The number of ether oxygens (including phenoxy) is 3. The molecule has 1 fully saturated rings. The normalized spacial score (nSPS) is 14.1. The van der Waals surface area contributed by atoms with E-state index in [1.54, 1.807) is 12.1 Å². The highest BCUT2D eigenvalue weighted by Crippen LogP contribution is 2.40. The van der Waals surface area contributed by atoms with Gasteiger partial charge in [-0.3, -0.25) is 0 Å². The third-order valence-corrected chi connectivity index (χ3v) is 6.99. The molecule has 2 aromatic rings. The minimum absolute atomic E-state index is 0.0984. The van der Waals surface area contributed by atoms with Gasteiger partial charge < -0.3 is 24.4 Å². The van der Waals surface area contributed by atoms with E-state index in [2.05, 4.69) is 5.32 Å². The number of hydrogen-bond donors (Lipinski definition) is 1. The number of halogens is 1. The molecular weight excluding hydrogens is 420 g/mol. The van der Waals surface area contributed by atoms with Crippen LogP contribution in [0, 0.1) is 0 Å². The number of carbonyl (C=O) groups excluding carboxylic acids is 1. The van der Waals surface area contributed by atoms with Crippen LogP contribution >= 0.6 is 11.6 Å². The van der Waals surface area contributed by atoms with Gasteiger partial charge in [0.25, 0.3) is 0 Å². The molecule has 29 heavy (non-hydrogen) atoms. The Morgan fingerprint density at radius 2 is 1.59 bits per heavy atom. The molecule has 2 aromatic carbocycles. The van der Waals surface area contributed by atoms with Crippen molar-refractivity contribution < 1.29 is 27.4 Å². The number of hydrogen-bond acceptors (Lipinski definition) is 6. The Bertz CT molecular complexity index is 979. The Morgan fingerprint density at radius 1 is 1.03 bits per heavy atom. The molecule has 0 saturated carbocycles. The first kappa shape index (κ1) is 21.1. The zero-order chi connectivity index (χ0) is 21.2. The smallest absolute Gasteiger partial charge is 0.321 e. The summed E-state index contributed by atoms with van der Waals surface area (Å²) in [6.07, 6.45) is 0. The molecule has 0 atom stereocenters. The summed E-state index contributed by atoms with van der Waals surface area (Å²) in [5.74, 6) is 1.20. The minimum Gasteiger partial charge on any atom is -0.493 e. The number of carbonyl (C=O) groups is 1. The van der Waals surface area contributed by atoms with E-state index in [4.69, 9.17) is 25.8 Å². The van der Waals surface area contributed by atoms with E-state index in [0.717, 1.165) is 0 Å². The Labute approximate surface area is 174 Å². The predicted molar refractivity (Wildman–Crippen MR) is 109 cm³/mol. The van der Waals surface area contributed by atoms with Crippen molar-refractivity contribution in [3.05, 3.63) is 41.4 Å². The van der Waals surface area contributed by atoms with Crippen LogP contribution in [0.3, 0.4) is 0 Å². The van der Waals surface area contributed by atoms with E-state index >= 15 is 0 Å². The molecule has 1 aliphatic rings. The molecule has 156 valence electrons. The van der Waals surface area contributed by atoms with Crippen molar-refractivity contribution in [2.75, 3.05) is 39.7 Å². The van der Waals surface area contributed by atoms with Gasteiger partial charge in [-0.05, 0) is 24.3 Å². The quantitative estimate of drug-likeness (QED) is 0.741. The number of methoxy groups -OCH3 is 3. The second kappa shape index (κ2) is 8.38. The molecule has 1 saturated heterocycles. The molecule has 0 spiro atoms. The van der Waals surface area contributed by atoms with Crippen LogP contribution < -0.4 is 19.5 Å². The molecule has 0 aliphatic carbocycles. The summed E-state index contributed by atoms with van der Waals surface area (Å²) >= 11 is 5.81. The van der Waals surface area contributed by atoms with Crippen LogP contribution in [0.1, 0.15) is 0 Å². The maximum Gasteiger partial charge on any atom is 0.321 e. The highest BCUT2D eigenvalue weighted by Gasteiger charge is 2.40. The monoisotopic (exact) mass is 440 g/mol. The van der Waals surface area contributed by atoms with Gasteiger partial charge in [-0.1, -0.05) is 11.6 Å². The van der Waals surface area contributed by atoms with Crippen LogP contribution in [0.4, 0.5) is 10.5 Å². The van der Waals surface area contributed by atoms with Crippen LogP contribution in [0.2, 0.25) is 5.02 Å². The first-order valence-electron chi connectivity index (χ1n) is 8.65. The highest BCUT2D eigenvalue weighted by atomic mass is 35.5. The minimum atomic E-state index is -3.53. The molecular formula is C19H21ClN2O6S. The molecule has 0 aromatic heterocycles. The molecule has 10 heteroatoms. The van der Waals surface area contributed by atoms with Gasteiger partial charge in [-0.25, -0.2) is 13.2 Å². The zero-order valence-electron chi connectivity index (χ0n) is 16.1. The Hall–Kier alpha value is -2.65. The van der Waals surface area contributed by atoms with E-state index in [0.29, 0.717) is 28.0 Å².